The molecule has 4 aromatic heterocycles. The van der Waals surface area contributed by atoms with Gasteiger partial charge < -0.3 is 51.2 Å². The Morgan fingerprint density at radius 1 is 1.00 bits per heavy atom. The Balaban J connectivity index is 0.845. The molecular weight excluding hydrogens is 982 g/mol. The number of amides is 5. The number of carbonyl (C=O) groups is 5. The van der Waals surface area contributed by atoms with E-state index in [4.69, 9.17) is 10.5 Å². The van der Waals surface area contributed by atoms with Gasteiger partial charge in [-0.15, -0.1) is 0 Å². The number of pyridine rings is 2. The van der Waals surface area contributed by atoms with Crippen LogP contribution in [0.4, 0.5) is 15.9 Å². The number of likely N-dealkylation sites (N-methyl/N-ethyl adjacent to an activating group) is 1. The Morgan fingerprint density at radius 3 is 2.46 bits per heavy atom. The fourth-order valence-corrected chi connectivity index (χ4v) is 10.3. The molecule has 2 aliphatic heterocycles. The number of aliphatic hydroxyl groups excluding tert-OH is 1. The van der Waals surface area contributed by atoms with Crippen molar-refractivity contribution >= 4 is 51.8 Å². The molecule has 1 aliphatic carbocycles. The fraction of sp³-hybridized carbons (Fsp3) is 0.509. The van der Waals surface area contributed by atoms with Crippen LogP contribution in [0.3, 0.4) is 0 Å². The molecule has 0 bridgehead atoms. The molecule has 1 saturated heterocycles. The zero-order valence-corrected chi connectivity index (χ0v) is 43.9. The highest BCUT2D eigenvalue weighted by atomic mass is 19.1. The van der Waals surface area contributed by atoms with E-state index in [9.17, 15) is 38.7 Å². The Bertz CT molecular complexity index is 3140. The first-order valence-corrected chi connectivity index (χ1v) is 25.8. The minimum Gasteiger partial charge on any atom is -0.392 e. The van der Waals surface area contributed by atoms with Crippen molar-refractivity contribution in [2.45, 2.75) is 128 Å². The van der Waals surface area contributed by atoms with Gasteiger partial charge in [0.1, 0.15) is 23.6 Å². The van der Waals surface area contributed by atoms with Crippen LogP contribution in [0.5, 0.6) is 0 Å². The van der Waals surface area contributed by atoms with E-state index in [1.165, 1.54) is 27.9 Å². The van der Waals surface area contributed by atoms with Crippen LogP contribution in [-0.4, -0.2) is 131 Å². The molecule has 1 aromatic carbocycles. The summed E-state index contributed by atoms with van der Waals surface area (Å²) in [5.41, 5.74) is 7.00. The van der Waals surface area contributed by atoms with Gasteiger partial charge in [0, 0.05) is 67.6 Å². The molecule has 1 saturated carbocycles. The monoisotopic (exact) mass is 1050 g/mol. The van der Waals surface area contributed by atoms with Crippen molar-refractivity contribution in [1.29, 1.82) is 0 Å². The number of aromatic nitrogens is 6. The standard InChI is InChI=1S/C53H68FN13O9/c1-30(56-5)49(72)61-46(31-10-8-7-9-11-31)52(75)65-27-35(23-41(65)47(55)71)59-43(69)13-18-76-19-14-44(70)64-16-17-66-36(28-64)24-42(62-66)60-40-21-33(26-63(6)50(40)73)37-12-15-57-48(38(37)29-68)67-51(74)45-32(25-58-67)20-34(22-39(45)54)53(2,3)4/h12,15,20-22,24-26,30-31,35,41,46,56,68H,7-11,13-14,16-19,23,27-29H2,1-6H3,(H2,55,71)(H,59,69)(H,60,62)(H,61,72)/t30-,35-,41-,46-/m0/s1. The minimum absolute atomic E-state index is 0.00188. The topological polar surface area (TPSA) is 283 Å². The Hall–Kier alpha value is -7.37. The molecule has 2 fully saturated rings. The number of ether oxygens (including phenoxy) is 1. The lowest BCUT2D eigenvalue weighted by Gasteiger charge is -2.34. The molecule has 0 radical (unpaired) electrons. The van der Waals surface area contributed by atoms with Gasteiger partial charge in [-0.1, -0.05) is 40.0 Å². The van der Waals surface area contributed by atoms with Crippen molar-refractivity contribution in [2.75, 3.05) is 38.7 Å². The molecule has 5 amide bonds. The molecular formula is C53H68FN13O9. The number of nitrogens with two attached hydrogens (primary N) is 1. The van der Waals surface area contributed by atoms with Crippen LogP contribution in [0.25, 0.3) is 27.7 Å². The van der Waals surface area contributed by atoms with Crippen LogP contribution in [0.15, 0.2) is 58.5 Å². The van der Waals surface area contributed by atoms with Gasteiger partial charge in [0.15, 0.2) is 11.6 Å². The molecule has 406 valence electrons. The minimum atomic E-state index is -0.947. The second-order valence-corrected chi connectivity index (χ2v) is 21.0. The van der Waals surface area contributed by atoms with Crippen LogP contribution in [0, 0.1) is 11.7 Å². The van der Waals surface area contributed by atoms with E-state index >= 15 is 4.39 Å². The van der Waals surface area contributed by atoms with Crippen LogP contribution in [0.2, 0.25) is 0 Å². The van der Waals surface area contributed by atoms with Crippen LogP contribution in [-0.2, 0) is 60.9 Å². The SMILES string of the molecule is CN[C@@H](C)C(=O)N[C@H](C(=O)N1C[C@@H](NC(=O)CCOCCC(=O)N2CCn3nc(Nc4cc(-c5ccnc(-n6ncc7cc(C(C)(C)C)cc(F)c7c6=O)c5CO)cn(C)c4=O)cc3C2)C[C@H]1C(N)=O)C1CCCCC1. The van der Waals surface area contributed by atoms with E-state index in [0.717, 1.165) is 42.5 Å². The first-order chi connectivity index (χ1) is 36.3. The summed E-state index contributed by atoms with van der Waals surface area (Å²) in [4.78, 5) is 101. The van der Waals surface area contributed by atoms with Gasteiger partial charge in [0.25, 0.3) is 11.1 Å². The van der Waals surface area contributed by atoms with Crippen molar-refractivity contribution in [2.24, 2.45) is 18.7 Å². The molecule has 5 aromatic rings. The predicted octanol–water partition coefficient (Wildman–Crippen LogP) is 2.40. The number of hydrogen-bond acceptors (Lipinski definition) is 14. The normalized spacial score (nSPS) is 17.8. The molecule has 23 heteroatoms. The van der Waals surface area contributed by atoms with Crippen LogP contribution >= 0.6 is 0 Å². The van der Waals surface area contributed by atoms with Gasteiger partial charge in [-0.25, -0.2) is 9.37 Å². The summed E-state index contributed by atoms with van der Waals surface area (Å²) in [6.07, 6.45) is 9.05. The van der Waals surface area contributed by atoms with Gasteiger partial charge in [0.2, 0.25) is 29.5 Å². The van der Waals surface area contributed by atoms with E-state index in [2.05, 4.69) is 36.4 Å². The molecule has 22 nitrogen and oxygen atoms in total. The number of halogens is 1. The van der Waals surface area contributed by atoms with Crippen molar-refractivity contribution in [3.63, 3.8) is 0 Å². The second-order valence-electron chi connectivity index (χ2n) is 21.0. The number of carbonyl (C=O) groups excluding carboxylic acids is 5. The molecule has 4 atom stereocenters. The number of primary amides is 1. The molecule has 6 heterocycles. The highest BCUT2D eigenvalue weighted by Crippen LogP contribution is 2.32. The zero-order chi connectivity index (χ0) is 54.6. The average Bonchev–Trinajstić information content (AvgIpc) is 4.02. The highest BCUT2D eigenvalue weighted by molar-refractivity contribution is 5.93. The van der Waals surface area contributed by atoms with Gasteiger partial charge >= 0.3 is 0 Å². The summed E-state index contributed by atoms with van der Waals surface area (Å²) in [5, 5.41) is 31.7. The van der Waals surface area contributed by atoms with E-state index in [1.54, 1.807) is 61.1 Å². The molecule has 3 aliphatic rings. The first-order valence-electron chi connectivity index (χ1n) is 25.8. The number of anilines is 2. The number of fused-ring (bicyclic) bond motifs is 2. The number of aliphatic hydroxyl groups is 1. The third-order valence-corrected chi connectivity index (χ3v) is 14.7. The summed E-state index contributed by atoms with van der Waals surface area (Å²) in [7, 11) is 3.23. The Labute approximate surface area is 438 Å². The molecule has 0 unspecified atom stereocenters. The summed E-state index contributed by atoms with van der Waals surface area (Å²) < 4.78 is 25.3. The lowest BCUT2D eigenvalue weighted by molar-refractivity contribution is -0.142. The number of rotatable bonds is 18. The maximum absolute atomic E-state index is 15.5. The Kier molecular flexibility index (Phi) is 16.8. The number of benzene rings is 1. The summed E-state index contributed by atoms with van der Waals surface area (Å²) in [6, 6.07) is 5.22. The van der Waals surface area contributed by atoms with E-state index in [-0.39, 0.29) is 109 Å². The van der Waals surface area contributed by atoms with Crippen molar-refractivity contribution < 1.29 is 38.2 Å². The number of likely N-dealkylation sites (tertiary alicyclic amines) is 1. The van der Waals surface area contributed by atoms with Crippen molar-refractivity contribution in [3.8, 4) is 16.9 Å². The maximum Gasteiger partial charge on any atom is 0.283 e. The van der Waals surface area contributed by atoms with E-state index in [0.29, 0.717) is 41.0 Å². The number of hydrogen-bond donors (Lipinski definition) is 6. The van der Waals surface area contributed by atoms with Gasteiger partial charge in [0.05, 0.1) is 62.6 Å². The zero-order valence-electron chi connectivity index (χ0n) is 43.9. The third-order valence-electron chi connectivity index (χ3n) is 14.7. The summed E-state index contributed by atoms with van der Waals surface area (Å²) in [6.45, 7) is 8.12. The summed E-state index contributed by atoms with van der Waals surface area (Å²) >= 11 is 0. The predicted molar refractivity (Wildman–Crippen MR) is 280 cm³/mol. The van der Waals surface area contributed by atoms with Crippen molar-refractivity contribution in [1.82, 2.24) is 54.9 Å². The second kappa shape index (κ2) is 23.3. The number of nitrogens with one attached hydrogen (secondary N) is 4. The fourth-order valence-electron chi connectivity index (χ4n) is 10.3. The maximum atomic E-state index is 15.5. The van der Waals surface area contributed by atoms with Gasteiger partial charge in [-0.05, 0) is 80.0 Å². The Morgan fingerprint density at radius 2 is 1.75 bits per heavy atom. The first kappa shape index (κ1) is 54.9. The molecule has 8 rings (SSSR count). The third kappa shape index (κ3) is 12.0. The van der Waals surface area contributed by atoms with Gasteiger partial charge in [-0.2, -0.15) is 14.9 Å². The summed E-state index contributed by atoms with van der Waals surface area (Å²) in [5.74, 6) is -2.33. The van der Waals surface area contributed by atoms with Crippen LogP contribution < -0.4 is 38.1 Å². The quantitative estimate of drug-likeness (QED) is 0.0688. The smallest absolute Gasteiger partial charge is 0.283 e. The van der Waals surface area contributed by atoms with E-state index in [1.807, 2.05) is 20.8 Å². The molecule has 0 spiro atoms. The average molecular weight is 1050 g/mol. The number of aryl methyl sites for hydroxylation is 1. The molecule has 76 heavy (non-hydrogen) atoms. The number of nitrogens with zero attached hydrogens (tertiary/aromatic N) is 8. The molecule has 7 N–H and O–H groups in total. The largest absolute Gasteiger partial charge is 0.392 e. The lowest BCUT2D eigenvalue weighted by atomic mass is 9.83. The van der Waals surface area contributed by atoms with E-state index < -0.39 is 48.1 Å². The van der Waals surface area contributed by atoms with Crippen molar-refractivity contribution in [3.05, 3.63) is 92.3 Å². The van der Waals surface area contributed by atoms with Crippen LogP contribution in [0.1, 0.15) is 95.9 Å². The lowest BCUT2D eigenvalue weighted by Crippen LogP contribution is -2.58. The van der Waals surface area contributed by atoms with Gasteiger partial charge in [-0.3, -0.25) is 38.2 Å². The highest BCUT2D eigenvalue weighted by Gasteiger charge is 2.44.